The summed E-state index contributed by atoms with van der Waals surface area (Å²) in [5.74, 6) is 1.81. The molecule has 1 aliphatic carbocycles. The van der Waals surface area contributed by atoms with Gasteiger partial charge in [-0.15, -0.1) is 0 Å². The molecule has 1 fully saturated rings. The van der Waals surface area contributed by atoms with Crippen LogP contribution in [0.25, 0.3) is 22.3 Å². The molecule has 0 bridgehead atoms. The predicted octanol–water partition coefficient (Wildman–Crippen LogP) is 7.44. The van der Waals surface area contributed by atoms with E-state index in [4.69, 9.17) is 9.47 Å². The highest BCUT2D eigenvalue weighted by Crippen LogP contribution is 2.41. The molecule has 2 aromatic carbocycles. The largest absolute Gasteiger partial charge is 0.488 e. The first-order valence-corrected chi connectivity index (χ1v) is 17.2. The van der Waals surface area contributed by atoms with Crippen LogP contribution in [0.1, 0.15) is 38.2 Å². The highest BCUT2D eigenvalue weighted by atomic mass is 28.3. The Morgan fingerprint density at radius 2 is 1.92 bits per heavy atom. The first-order chi connectivity index (χ1) is 17.3. The minimum absolute atomic E-state index is 0.502. The Hall–Kier alpha value is -2.57. The fraction of sp³-hybridized carbons (Fsp3) is 0.500. The molecule has 2 atom stereocenters. The van der Waals surface area contributed by atoms with E-state index in [1.165, 1.54) is 54.1 Å². The van der Waals surface area contributed by atoms with Gasteiger partial charge in [-0.2, -0.15) is 5.10 Å². The van der Waals surface area contributed by atoms with Crippen LogP contribution in [-0.2, 0) is 18.1 Å². The number of ether oxygens (including phenoxy) is 2. The van der Waals surface area contributed by atoms with Gasteiger partial charge in [0.25, 0.3) is 0 Å². The molecule has 5 nitrogen and oxygen atoms in total. The summed E-state index contributed by atoms with van der Waals surface area (Å²) in [6.07, 6.45) is 9.26. The highest BCUT2D eigenvalue weighted by Gasteiger charge is 2.25. The number of fused-ring (bicyclic) bond motifs is 3. The monoisotopic (exact) mass is 503 g/mol. The maximum atomic E-state index is 6.27. The molecule has 6 heteroatoms. The number of hydrogen-bond donors (Lipinski definition) is 0. The van der Waals surface area contributed by atoms with E-state index in [-0.39, 0.29) is 0 Å². The summed E-state index contributed by atoms with van der Waals surface area (Å²) in [7, 11) is 1.17. The molecular formula is C30H41N3O2Si. The SMILES string of the molecule is C[C@H]1CCC[C@@H](N(C)c2ccc3c(c2)OCc2cc(-c4cnn(COCC[Si](C)(C)C)c4)ccc2-3)C1. The molecule has 192 valence electrons. The molecular weight excluding hydrogens is 462 g/mol. The topological polar surface area (TPSA) is 39.5 Å². The fourth-order valence-corrected chi connectivity index (χ4v) is 6.22. The van der Waals surface area contributed by atoms with Crippen LogP contribution in [0.5, 0.6) is 5.75 Å². The van der Waals surface area contributed by atoms with E-state index in [0.29, 0.717) is 19.4 Å². The second kappa shape index (κ2) is 10.4. The van der Waals surface area contributed by atoms with Gasteiger partial charge in [0.15, 0.2) is 0 Å². The molecule has 0 N–H and O–H groups in total. The lowest BCUT2D eigenvalue weighted by Gasteiger charge is -2.36. The molecule has 1 aliphatic heterocycles. The number of anilines is 1. The lowest BCUT2D eigenvalue weighted by atomic mass is 9.86. The summed E-state index contributed by atoms with van der Waals surface area (Å²) in [4.78, 5) is 2.46. The lowest BCUT2D eigenvalue weighted by molar-refractivity contribution is 0.0786. The van der Waals surface area contributed by atoms with Crippen LogP contribution in [0.2, 0.25) is 25.7 Å². The average molecular weight is 504 g/mol. The van der Waals surface area contributed by atoms with Gasteiger partial charge >= 0.3 is 0 Å². The van der Waals surface area contributed by atoms with Gasteiger partial charge in [0, 0.05) is 56.8 Å². The van der Waals surface area contributed by atoms with Gasteiger partial charge in [-0.05, 0) is 59.7 Å². The van der Waals surface area contributed by atoms with E-state index in [2.05, 4.69) is 86.2 Å². The zero-order valence-electron chi connectivity index (χ0n) is 22.6. The maximum absolute atomic E-state index is 6.27. The van der Waals surface area contributed by atoms with Crippen LogP contribution in [-0.4, -0.2) is 37.6 Å². The second-order valence-corrected chi connectivity index (χ2v) is 17.6. The molecule has 1 aromatic heterocycles. The third-order valence-electron chi connectivity index (χ3n) is 7.79. The molecule has 0 unspecified atom stereocenters. The van der Waals surface area contributed by atoms with Gasteiger partial charge in [0.1, 0.15) is 19.1 Å². The molecule has 2 aliphatic rings. The number of benzene rings is 2. The molecule has 2 heterocycles. The minimum Gasteiger partial charge on any atom is -0.488 e. The van der Waals surface area contributed by atoms with Gasteiger partial charge in [-0.1, -0.05) is 51.5 Å². The predicted molar refractivity (Wildman–Crippen MR) is 151 cm³/mol. The smallest absolute Gasteiger partial charge is 0.139 e. The minimum atomic E-state index is -1.07. The average Bonchev–Trinajstić information content (AvgIpc) is 3.34. The summed E-state index contributed by atoms with van der Waals surface area (Å²) in [5.41, 5.74) is 7.20. The summed E-state index contributed by atoms with van der Waals surface area (Å²) < 4.78 is 14.0. The van der Waals surface area contributed by atoms with Crippen molar-refractivity contribution in [3.63, 3.8) is 0 Å². The van der Waals surface area contributed by atoms with Crippen LogP contribution in [0, 0.1) is 5.92 Å². The first-order valence-electron chi connectivity index (χ1n) is 13.5. The number of hydrogen-bond acceptors (Lipinski definition) is 4. The third kappa shape index (κ3) is 5.70. The van der Waals surface area contributed by atoms with E-state index in [1.807, 2.05) is 10.9 Å². The van der Waals surface area contributed by atoms with Gasteiger partial charge < -0.3 is 14.4 Å². The van der Waals surface area contributed by atoms with E-state index in [9.17, 15) is 0 Å². The molecule has 0 radical (unpaired) electrons. The number of rotatable bonds is 8. The summed E-state index contributed by atoms with van der Waals surface area (Å²) >= 11 is 0. The number of aromatic nitrogens is 2. The van der Waals surface area contributed by atoms with Gasteiger partial charge in [-0.25, -0.2) is 4.68 Å². The molecule has 36 heavy (non-hydrogen) atoms. The standard InChI is InChI=1S/C30H41N3O2Si/c1-22-7-6-8-26(15-22)32(2)27-10-12-29-28-11-9-23(16-24(28)20-35-30(29)17-27)25-18-31-33(19-25)21-34-13-14-36(3,4)5/h9-12,16-19,22,26H,6-8,13-15,20-21H2,1-5H3/t22-,26+/m0/s1. The van der Waals surface area contributed by atoms with E-state index >= 15 is 0 Å². The van der Waals surface area contributed by atoms with Gasteiger partial charge in [0.05, 0.1) is 6.20 Å². The Bertz CT molecular complexity index is 1200. The van der Waals surface area contributed by atoms with Crippen molar-refractivity contribution in [3.8, 4) is 28.0 Å². The van der Waals surface area contributed by atoms with Crippen LogP contribution in [0.4, 0.5) is 5.69 Å². The maximum Gasteiger partial charge on any atom is 0.139 e. The first kappa shape index (κ1) is 25.1. The van der Waals surface area contributed by atoms with Gasteiger partial charge in [0.2, 0.25) is 0 Å². The zero-order chi connectivity index (χ0) is 25.3. The van der Waals surface area contributed by atoms with Crippen LogP contribution in [0.3, 0.4) is 0 Å². The molecule has 5 rings (SSSR count). The van der Waals surface area contributed by atoms with Crippen molar-refractivity contribution in [2.24, 2.45) is 5.92 Å². The summed E-state index contributed by atoms with van der Waals surface area (Å²) in [6.45, 7) is 11.4. The van der Waals surface area contributed by atoms with Crippen LogP contribution < -0.4 is 9.64 Å². The second-order valence-electron chi connectivity index (χ2n) is 12.0. The Morgan fingerprint density at radius 1 is 1.08 bits per heavy atom. The highest BCUT2D eigenvalue weighted by molar-refractivity contribution is 6.76. The van der Waals surface area contributed by atoms with Crippen molar-refractivity contribution in [1.82, 2.24) is 9.78 Å². The van der Waals surface area contributed by atoms with Crippen molar-refractivity contribution in [2.45, 2.75) is 77.7 Å². The molecule has 0 amide bonds. The van der Waals surface area contributed by atoms with Crippen LogP contribution in [0.15, 0.2) is 48.8 Å². The quantitative estimate of drug-likeness (QED) is 0.237. The molecule has 3 aromatic rings. The Labute approximate surface area is 217 Å². The van der Waals surface area contributed by atoms with Crippen molar-refractivity contribution < 1.29 is 9.47 Å². The van der Waals surface area contributed by atoms with E-state index < -0.39 is 8.07 Å². The zero-order valence-corrected chi connectivity index (χ0v) is 23.6. The van der Waals surface area contributed by atoms with Crippen molar-refractivity contribution in [2.75, 3.05) is 18.6 Å². The lowest BCUT2D eigenvalue weighted by Crippen LogP contribution is -2.35. The van der Waals surface area contributed by atoms with Crippen molar-refractivity contribution in [1.29, 1.82) is 0 Å². The van der Waals surface area contributed by atoms with Crippen LogP contribution >= 0.6 is 0 Å². The van der Waals surface area contributed by atoms with Crippen molar-refractivity contribution in [3.05, 3.63) is 54.4 Å². The van der Waals surface area contributed by atoms with E-state index in [0.717, 1.165) is 29.4 Å². The van der Waals surface area contributed by atoms with Gasteiger partial charge in [-0.3, -0.25) is 0 Å². The number of nitrogens with zero attached hydrogens (tertiary/aromatic N) is 3. The molecule has 0 spiro atoms. The summed E-state index contributed by atoms with van der Waals surface area (Å²) in [5, 5.41) is 4.51. The summed E-state index contributed by atoms with van der Waals surface area (Å²) in [6, 6.07) is 15.2. The Balaban J connectivity index is 1.28. The van der Waals surface area contributed by atoms with E-state index in [1.54, 1.807) is 0 Å². The Kier molecular flexibility index (Phi) is 7.27. The fourth-order valence-electron chi connectivity index (χ4n) is 5.47. The molecule has 0 saturated heterocycles. The Morgan fingerprint density at radius 3 is 2.72 bits per heavy atom. The third-order valence-corrected chi connectivity index (χ3v) is 9.50. The van der Waals surface area contributed by atoms with Crippen molar-refractivity contribution >= 4 is 13.8 Å². The normalized spacial score (nSPS) is 19.4. The molecule has 1 saturated carbocycles.